The molecule has 0 saturated carbocycles. The van der Waals surface area contributed by atoms with Crippen LogP contribution >= 0.6 is 0 Å². The maximum Gasteiger partial charge on any atom is 0.269 e. The maximum atomic E-state index is 12.4. The molecule has 0 spiro atoms. The average molecular weight is 422 g/mol. The summed E-state index contributed by atoms with van der Waals surface area (Å²) in [6, 6.07) is 15.0. The summed E-state index contributed by atoms with van der Waals surface area (Å²) < 4.78 is 7.04. The van der Waals surface area contributed by atoms with Crippen LogP contribution in [0.15, 0.2) is 58.8 Å². The third-order valence-corrected chi connectivity index (χ3v) is 5.89. The summed E-state index contributed by atoms with van der Waals surface area (Å²) in [4.78, 5) is 13.8. The molecule has 1 aromatic heterocycles. The molecule has 3 aromatic rings. The zero-order valence-electron chi connectivity index (χ0n) is 17.9. The molecule has 2 N–H and O–H groups in total. The highest BCUT2D eigenvalue weighted by atomic mass is 16.5. The zero-order chi connectivity index (χ0) is 21.6. The van der Waals surface area contributed by atoms with E-state index in [1.165, 1.54) is 30.6 Å². The molecule has 31 heavy (non-hydrogen) atoms. The fourth-order valence-electron chi connectivity index (χ4n) is 4.20. The van der Waals surface area contributed by atoms with E-state index in [-0.39, 0.29) is 18.2 Å². The summed E-state index contributed by atoms with van der Waals surface area (Å²) in [6.07, 6.45) is 5.11. The van der Waals surface area contributed by atoms with E-state index in [9.17, 15) is 9.90 Å². The van der Waals surface area contributed by atoms with Crippen molar-refractivity contribution in [3.05, 3.63) is 54.1 Å². The number of quaternary nitrogens is 1. The van der Waals surface area contributed by atoms with E-state index < -0.39 is 0 Å². The molecule has 2 heterocycles. The molecule has 0 aliphatic carbocycles. The first-order chi connectivity index (χ1) is 15.2. The van der Waals surface area contributed by atoms with E-state index in [0.717, 1.165) is 35.3 Å². The van der Waals surface area contributed by atoms with Gasteiger partial charge in [-0.25, -0.2) is 0 Å². The lowest BCUT2D eigenvalue weighted by Crippen LogP contribution is -3.11. The van der Waals surface area contributed by atoms with Crippen molar-refractivity contribution in [1.29, 1.82) is 0 Å². The van der Waals surface area contributed by atoms with Crippen LogP contribution in [0.1, 0.15) is 31.2 Å². The number of carbonyl (C=O) groups is 1. The van der Waals surface area contributed by atoms with Crippen LogP contribution in [0.4, 0.5) is 5.69 Å². The van der Waals surface area contributed by atoms with Crippen molar-refractivity contribution in [3.63, 3.8) is 0 Å². The van der Waals surface area contributed by atoms with Crippen LogP contribution in [0, 0.1) is 0 Å². The fourth-order valence-corrected chi connectivity index (χ4v) is 4.20. The van der Waals surface area contributed by atoms with Gasteiger partial charge in [-0.1, -0.05) is 30.3 Å². The van der Waals surface area contributed by atoms with Gasteiger partial charge in [0.05, 0.1) is 32.1 Å². The minimum atomic E-state index is -0.362. The van der Waals surface area contributed by atoms with E-state index in [2.05, 4.69) is 10.2 Å². The van der Waals surface area contributed by atoms with Gasteiger partial charge in [0.25, 0.3) is 5.91 Å². The third kappa shape index (κ3) is 4.94. The van der Waals surface area contributed by atoms with Gasteiger partial charge in [-0.2, -0.15) is 0 Å². The highest BCUT2D eigenvalue weighted by Gasteiger charge is 2.21. The number of likely N-dealkylation sites (tertiary alicyclic amines) is 1. The largest absolute Gasteiger partial charge is 0.497 e. The van der Waals surface area contributed by atoms with E-state index in [1.54, 1.807) is 7.11 Å². The molecule has 7 nitrogen and oxygen atoms in total. The monoisotopic (exact) mass is 421 g/mol. The van der Waals surface area contributed by atoms with Gasteiger partial charge in [0.1, 0.15) is 5.75 Å². The number of ether oxygens (including phenoxy) is 1. The minimum absolute atomic E-state index is 0.0685. The number of benzene rings is 2. The summed E-state index contributed by atoms with van der Waals surface area (Å²) in [6.45, 7) is 2.88. The van der Waals surface area contributed by atoms with E-state index in [0.29, 0.717) is 12.4 Å². The second kappa shape index (κ2) is 9.75. The van der Waals surface area contributed by atoms with E-state index >= 15 is 0 Å². The molecule has 0 bridgehead atoms. The average Bonchev–Trinajstić information content (AvgIpc) is 2.94. The first kappa shape index (κ1) is 21.1. The first-order valence-electron chi connectivity index (χ1n) is 10.9. The number of nitrogens with one attached hydrogen (secondary N) is 1. The normalized spacial score (nSPS) is 15.4. The number of amides is 1. The van der Waals surface area contributed by atoms with Gasteiger partial charge in [-0.3, -0.25) is 9.36 Å². The molecule has 0 radical (unpaired) electrons. The maximum absolute atomic E-state index is 12.4. The highest BCUT2D eigenvalue weighted by Crippen LogP contribution is 2.38. The van der Waals surface area contributed by atoms with Gasteiger partial charge in [0, 0.05) is 5.39 Å². The molecule has 0 atom stereocenters. The molecule has 2 aromatic carbocycles. The van der Waals surface area contributed by atoms with Crippen molar-refractivity contribution in [2.45, 2.75) is 38.8 Å². The molecule has 1 aliphatic heterocycles. The molecule has 7 heteroatoms. The summed E-state index contributed by atoms with van der Waals surface area (Å²) in [5.74, 6) is 0.445. The Hall–Kier alpha value is -3.19. The zero-order valence-corrected chi connectivity index (χ0v) is 17.9. The molecule has 1 aliphatic rings. The van der Waals surface area contributed by atoms with Gasteiger partial charge in [-0.05, 0) is 49.4 Å². The quantitative estimate of drug-likeness (QED) is 0.597. The Kier molecular flexibility index (Phi) is 6.62. The van der Waals surface area contributed by atoms with Crippen LogP contribution in [0.2, 0.25) is 0 Å². The summed E-state index contributed by atoms with van der Waals surface area (Å²) in [7, 11) is 1.60. The molecule has 1 saturated heterocycles. The van der Waals surface area contributed by atoms with Crippen molar-refractivity contribution in [1.82, 2.24) is 4.57 Å². The Balaban J connectivity index is 1.55. The van der Waals surface area contributed by atoms with Gasteiger partial charge in [0.2, 0.25) is 5.88 Å². The summed E-state index contributed by atoms with van der Waals surface area (Å²) >= 11 is 0. The van der Waals surface area contributed by atoms with Gasteiger partial charge in [0.15, 0.2) is 12.4 Å². The number of carbonyl (C=O) groups excluding carboxylic acids is 1. The van der Waals surface area contributed by atoms with Crippen LogP contribution in [-0.4, -0.2) is 35.8 Å². The van der Waals surface area contributed by atoms with Crippen LogP contribution in [-0.2, 0) is 17.9 Å². The lowest BCUT2D eigenvalue weighted by Gasteiger charge is -2.18. The smallest absolute Gasteiger partial charge is 0.269 e. The summed E-state index contributed by atoms with van der Waals surface area (Å²) in [5.41, 5.74) is 2.10. The van der Waals surface area contributed by atoms with E-state index in [1.807, 2.05) is 53.1 Å². The predicted octanol–water partition coefficient (Wildman–Crippen LogP) is 3.62. The second-order valence-corrected chi connectivity index (χ2v) is 8.06. The number of methoxy groups -OCH3 is 1. The van der Waals surface area contributed by atoms with Crippen molar-refractivity contribution in [2.24, 2.45) is 10.2 Å². The predicted molar refractivity (Wildman–Crippen MR) is 119 cm³/mol. The highest BCUT2D eigenvalue weighted by molar-refractivity contribution is 5.95. The van der Waals surface area contributed by atoms with Gasteiger partial charge in [-0.15, -0.1) is 10.2 Å². The lowest BCUT2D eigenvalue weighted by molar-refractivity contribution is -0.921. The number of hydrogen-bond donors (Lipinski definition) is 2. The number of aromatic nitrogens is 1. The molecule has 162 valence electrons. The van der Waals surface area contributed by atoms with Crippen molar-refractivity contribution in [3.8, 4) is 11.6 Å². The van der Waals surface area contributed by atoms with Crippen LogP contribution in [0.25, 0.3) is 10.9 Å². The number of fused-ring (bicyclic) bond motifs is 1. The Morgan fingerprint density at radius 2 is 1.77 bits per heavy atom. The number of hydrogen-bond acceptors (Lipinski definition) is 4. The van der Waals surface area contributed by atoms with Crippen LogP contribution < -0.4 is 9.64 Å². The van der Waals surface area contributed by atoms with Crippen molar-refractivity contribution >= 4 is 22.5 Å². The minimum Gasteiger partial charge on any atom is -0.497 e. The Morgan fingerprint density at radius 3 is 2.48 bits per heavy atom. The Labute approximate surface area is 182 Å². The Bertz CT molecular complexity index is 1060. The van der Waals surface area contributed by atoms with Crippen molar-refractivity contribution in [2.75, 3.05) is 20.2 Å². The number of para-hydroxylation sites is 1. The molecular weight excluding hydrogens is 392 g/mol. The topological polar surface area (TPSA) is 80.6 Å². The van der Waals surface area contributed by atoms with Gasteiger partial charge >= 0.3 is 0 Å². The summed E-state index contributed by atoms with van der Waals surface area (Å²) in [5, 5.41) is 19.8. The molecule has 0 unspecified atom stereocenters. The molecular formula is C24H29N4O3+. The SMILES string of the molecule is COc1ccc(CC(=O)N=Nc2c(O)n(C[NH+]3CCCCCC3)c3ccccc23)cc1. The molecule has 4 rings (SSSR count). The molecule has 1 amide bonds. The van der Waals surface area contributed by atoms with Crippen molar-refractivity contribution < 1.29 is 19.5 Å². The van der Waals surface area contributed by atoms with Gasteiger partial charge < -0.3 is 14.7 Å². The standard InChI is InChI=1S/C24H28N4O3/c1-31-19-12-10-18(11-13-19)16-22(29)25-26-23-20-8-4-5-9-21(20)28(24(23)30)17-27-14-6-2-3-7-15-27/h4-5,8-13,30H,2-3,6-7,14-17H2,1H3/p+1. The number of azo groups is 1. The number of aromatic hydroxyl groups is 1. The first-order valence-corrected chi connectivity index (χ1v) is 10.9. The Morgan fingerprint density at radius 1 is 1.06 bits per heavy atom. The lowest BCUT2D eigenvalue weighted by atomic mass is 10.1. The third-order valence-electron chi connectivity index (χ3n) is 5.89. The number of rotatable bonds is 6. The number of nitrogens with zero attached hydrogens (tertiary/aromatic N) is 3. The fraction of sp³-hybridized carbons (Fsp3) is 0.375. The van der Waals surface area contributed by atoms with E-state index in [4.69, 9.17) is 4.74 Å². The van der Waals surface area contributed by atoms with Crippen LogP contribution in [0.5, 0.6) is 11.6 Å². The van der Waals surface area contributed by atoms with Crippen LogP contribution in [0.3, 0.4) is 0 Å². The second-order valence-electron chi connectivity index (χ2n) is 8.06. The molecule has 1 fully saturated rings.